The standard InChI is InChI=1S/C14H25N3O2/c1-11-4-2-8-17(12(11)10-15)14(19)6-9-16-7-3-5-13(16)18/h11-12H,2-10,15H2,1H3/t11-,12-/m0/s1. The molecule has 0 aromatic heterocycles. The molecule has 2 atom stereocenters. The molecule has 0 bridgehead atoms. The van der Waals surface area contributed by atoms with Gasteiger partial charge >= 0.3 is 0 Å². The number of carbonyl (C=O) groups excluding carboxylic acids is 2. The minimum Gasteiger partial charge on any atom is -0.342 e. The maximum absolute atomic E-state index is 12.3. The Morgan fingerprint density at radius 3 is 2.79 bits per heavy atom. The van der Waals surface area contributed by atoms with Crippen LogP contribution in [0.4, 0.5) is 0 Å². The quantitative estimate of drug-likeness (QED) is 0.810. The molecule has 2 amide bonds. The lowest BCUT2D eigenvalue weighted by atomic mass is 9.90. The van der Waals surface area contributed by atoms with Gasteiger partial charge in [0, 0.05) is 45.1 Å². The molecule has 108 valence electrons. The van der Waals surface area contributed by atoms with Crippen LogP contribution in [0.15, 0.2) is 0 Å². The van der Waals surface area contributed by atoms with E-state index in [0.29, 0.717) is 31.8 Å². The summed E-state index contributed by atoms with van der Waals surface area (Å²) >= 11 is 0. The van der Waals surface area contributed by atoms with Crippen molar-refractivity contribution in [1.29, 1.82) is 0 Å². The van der Waals surface area contributed by atoms with Gasteiger partial charge in [-0.3, -0.25) is 9.59 Å². The van der Waals surface area contributed by atoms with Crippen LogP contribution in [0, 0.1) is 5.92 Å². The predicted molar refractivity (Wildman–Crippen MR) is 73.4 cm³/mol. The van der Waals surface area contributed by atoms with Crippen LogP contribution < -0.4 is 5.73 Å². The molecule has 0 aromatic rings. The second-order valence-electron chi connectivity index (χ2n) is 5.74. The first-order valence-corrected chi connectivity index (χ1v) is 7.40. The lowest BCUT2D eigenvalue weighted by Gasteiger charge is -2.39. The molecule has 0 spiro atoms. The SMILES string of the molecule is C[C@H]1CCCN(C(=O)CCN2CCCC2=O)[C@H]1CN. The van der Waals surface area contributed by atoms with Crippen LogP contribution in [0.2, 0.25) is 0 Å². The summed E-state index contributed by atoms with van der Waals surface area (Å²) in [5.74, 6) is 0.827. The second-order valence-corrected chi connectivity index (χ2v) is 5.74. The molecule has 0 aromatic carbocycles. The first-order chi connectivity index (χ1) is 9.13. The maximum Gasteiger partial charge on any atom is 0.224 e. The molecule has 0 saturated carbocycles. The Labute approximate surface area is 115 Å². The largest absolute Gasteiger partial charge is 0.342 e. The van der Waals surface area contributed by atoms with E-state index in [9.17, 15) is 9.59 Å². The van der Waals surface area contributed by atoms with Gasteiger partial charge in [-0.15, -0.1) is 0 Å². The van der Waals surface area contributed by atoms with Gasteiger partial charge < -0.3 is 15.5 Å². The Kier molecular flexibility index (Phi) is 4.80. The average Bonchev–Trinajstić information content (AvgIpc) is 2.81. The zero-order chi connectivity index (χ0) is 13.8. The summed E-state index contributed by atoms with van der Waals surface area (Å²) in [6, 6.07) is 0.176. The fraction of sp³-hybridized carbons (Fsp3) is 0.857. The molecule has 2 heterocycles. The molecule has 2 aliphatic heterocycles. The molecule has 2 rings (SSSR count). The minimum absolute atomic E-state index is 0.154. The summed E-state index contributed by atoms with van der Waals surface area (Å²) in [5.41, 5.74) is 5.80. The van der Waals surface area contributed by atoms with E-state index in [2.05, 4.69) is 6.92 Å². The lowest BCUT2D eigenvalue weighted by molar-refractivity contribution is -0.137. The van der Waals surface area contributed by atoms with Gasteiger partial charge in [0.1, 0.15) is 0 Å². The minimum atomic E-state index is 0.154. The topological polar surface area (TPSA) is 66.6 Å². The number of likely N-dealkylation sites (tertiary alicyclic amines) is 2. The van der Waals surface area contributed by atoms with Crippen LogP contribution in [-0.2, 0) is 9.59 Å². The molecule has 2 aliphatic rings. The summed E-state index contributed by atoms with van der Waals surface area (Å²) in [6.07, 6.45) is 4.22. The summed E-state index contributed by atoms with van der Waals surface area (Å²) in [5, 5.41) is 0. The Hall–Kier alpha value is -1.10. The van der Waals surface area contributed by atoms with Gasteiger partial charge in [-0.25, -0.2) is 0 Å². The van der Waals surface area contributed by atoms with Crippen molar-refractivity contribution >= 4 is 11.8 Å². The van der Waals surface area contributed by atoms with Crippen molar-refractivity contribution in [1.82, 2.24) is 9.80 Å². The summed E-state index contributed by atoms with van der Waals surface area (Å²) < 4.78 is 0. The molecule has 2 saturated heterocycles. The Morgan fingerprint density at radius 1 is 1.37 bits per heavy atom. The van der Waals surface area contributed by atoms with Gasteiger partial charge in [0.25, 0.3) is 0 Å². The Morgan fingerprint density at radius 2 is 2.16 bits per heavy atom. The molecule has 0 radical (unpaired) electrons. The lowest BCUT2D eigenvalue weighted by Crippen LogP contribution is -2.51. The van der Waals surface area contributed by atoms with E-state index in [1.165, 1.54) is 0 Å². The highest BCUT2D eigenvalue weighted by molar-refractivity contribution is 5.80. The fourth-order valence-corrected chi connectivity index (χ4v) is 3.23. The number of nitrogens with zero attached hydrogens (tertiary/aromatic N) is 2. The van der Waals surface area contributed by atoms with Crippen LogP contribution in [0.25, 0.3) is 0 Å². The fourth-order valence-electron chi connectivity index (χ4n) is 3.23. The summed E-state index contributed by atoms with van der Waals surface area (Å²) in [4.78, 5) is 27.6. The van der Waals surface area contributed by atoms with E-state index >= 15 is 0 Å². The molecule has 19 heavy (non-hydrogen) atoms. The van der Waals surface area contributed by atoms with Gasteiger partial charge in [0.2, 0.25) is 11.8 Å². The third-order valence-electron chi connectivity index (χ3n) is 4.44. The maximum atomic E-state index is 12.3. The molecule has 5 nitrogen and oxygen atoms in total. The molecule has 2 N–H and O–H groups in total. The van der Waals surface area contributed by atoms with Crippen LogP contribution in [0.3, 0.4) is 0 Å². The number of carbonyl (C=O) groups is 2. The van der Waals surface area contributed by atoms with Crippen LogP contribution in [0.5, 0.6) is 0 Å². The van der Waals surface area contributed by atoms with E-state index < -0.39 is 0 Å². The van der Waals surface area contributed by atoms with E-state index in [1.807, 2.05) is 9.80 Å². The second kappa shape index (κ2) is 6.37. The number of hydrogen-bond acceptors (Lipinski definition) is 3. The van der Waals surface area contributed by atoms with Crippen LogP contribution >= 0.6 is 0 Å². The molecule has 2 fully saturated rings. The highest BCUT2D eigenvalue weighted by atomic mass is 16.2. The first kappa shape index (κ1) is 14.3. The third kappa shape index (κ3) is 3.26. The van der Waals surface area contributed by atoms with Crippen molar-refractivity contribution in [2.75, 3.05) is 26.2 Å². The predicted octanol–water partition coefficient (Wildman–Crippen LogP) is 0.585. The normalized spacial score (nSPS) is 28.0. The molecular formula is C14H25N3O2. The highest BCUT2D eigenvalue weighted by Gasteiger charge is 2.31. The number of hydrogen-bond donors (Lipinski definition) is 1. The smallest absolute Gasteiger partial charge is 0.224 e. The van der Waals surface area contributed by atoms with E-state index in [0.717, 1.165) is 32.4 Å². The van der Waals surface area contributed by atoms with Crippen molar-refractivity contribution in [3.05, 3.63) is 0 Å². The first-order valence-electron chi connectivity index (χ1n) is 7.40. The van der Waals surface area contributed by atoms with Crippen molar-refractivity contribution in [3.8, 4) is 0 Å². The zero-order valence-corrected chi connectivity index (χ0v) is 11.8. The third-order valence-corrected chi connectivity index (χ3v) is 4.44. The average molecular weight is 267 g/mol. The summed E-state index contributed by atoms with van der Waals surface area (Å²) in [7, 11) is 0. The van der Waals surface area contributed by atoms with Crippen LogP contribution in [-0.4, -0.2) is 53.8 Å². The van der Waals surface area contributed by atoms with Crippen molar-refractivity contribution in [2.24, 2.45) is 11.7 Å². The molecular weight excluding hydrogens is 242 g/mol. The summed E-state index contributed by atoms with van der Waals surface area (Å²) in [6.45, 7) is 4.90. The number of amides is 2. The zero-order valence-electron chi connectivity index (χ0n) is 11.8. The van der Waals surface area contributed by atoms with E-state index in [1.54, 1.807) is 0 Å². The monoisotopic (exact) mass is 267 g/mol. The van der Waals surface area contributed by atoms with Gasteiger partial charge in [0.05, 0.1) is 0 Å². The van der Waals surface area contributed by atoms with E-state index in [-0.39, 0.29) is 17.9 Å². The van der Waals surface area contributed by atoms with Gasteiger partial charge in [-0.05, 0) is 25.2 Å². The number of piperidine rings is 1. The number of rotatable bonds is 4. The van der Waals surface area contributed by atoms with Gasteiger partial charge in [-0.1, -0.05) is 6.92 Å². The van der Waals surface area contributed by atoms with Gasteiger partial charge in [0.15, 0.2) is 0 Å². The van der Waals surface area contributed by atoms with Crippen molar-refractivity contribution in [2.45, 2.75) is 45.1 Å². The Balaban J connectivity index is 1.86. The van der Waals surface area contributed by atoms with Crippen LogP contribution in [0.1, 0.15) is 39.0 Å². The highest BCUT2D eigenvalue weighted by Crippen LogP contribution is 2.23. The number of nitrogens with two attached hydrogens (primary N) is 1. The van der Waals surface area contributed by atoms with Crippen molar-refractivity contribution < 1.29 is 9.59 Å². The molecule has 0 aliphatic carbocycles. The van der Waals surface area contributed by atoms with E-state index in [4.69, 9.17) is 5.73 Å². The molecule has 0 unspecified atom stereocenters. The van der Waals surface area contributed by atoms with Gasteiger partial charge in [-0.2, -0.15) is 0 Å². The Bertz CT molecular complexity index is 346. The molecule has 5 heteroatoms. The van der Waals surface area contributed by atoms with Crippen molar-refractivity contribution in [3.63, 3.8) is 0 Å².